The first-order chi connectivity index (χ1) is 26.5. The van der Waals surface area contributed by atoms with E-state index in [-0.39, 0.29) is 0 Å². The van der Waals surface area contributed by atoms with Crippen molar-refractivity contribution in [1.29, 1.82) is 0 Å². The summed E-state index contributed by atoms with van der Waals surface area (Å²) in [5.41, 5.74) is 0. The number of carbonyl (C=O) groups is 1. The lowest BCUT2D eigenvalue weighted by atomic mass is 9.99. The second-order valence-electron chi connectivity index (χ2n) is 16.8. The first-order valence-electron chi connectivity index (χ1n) is 24.1. The monoisotopic (exact) mass is 766 g/mol. The zero-order valence-corrected chi connectivity index (χ0v) is 36.2. The molecule has 0 aromatic rings. The minimum absolute atomic E-state index is 0.370. The van der Waals surface area contributed by atoms with Gasteiger partial charge in [-0.3, -0.25) is 4.79 Å². The zero-order valence-electron chi connectivity index (χ0n) is 36.2. The topological polar surface area (TPSA) is 110 Å². The van der Waals surface area contributed by atoms with Crippen molar-refractivity contribution in [3.63, 3.8) is 0 Å². The van der Waals surface area contributed by atoms with Gasteiger partial charge in [-0.25, -0.2) is 0 Å². The molecule has 0 aromatic heterocycles. The Morgan fingerprint density at radius 2 is 0.741 bits per heavy atom. The van der Waals surface area contributed by atoms with Gasteiger partial charge in [-0.1, -0.05) is 231 Å². The molecule has 0 rings (SSSR count). The number of amides is 1. The maximum absolute atomic E-state index is 12.5. The van der Waals surface area contributed by atoms with Crippen LogP contribution in [0.3, 0.4) is 0 Å². The lowest BCUT2D eigenvalue weighted by Gasteiger charge is -2.27. The zero-order chi connectivity index (χ0) is 39.6. The summed E-state index contributed by atoms with van der Waals surface area (Å²) in [6.45, 7) is 4.06. The molecule has 322 valence electrons. The molecule has 0 saturated carbocycles. The number of hydrogen-bond acceptors (Lipinski definition) is 5. The van der Waals surface area contributed by atoms with E-state index in [1.165, 1.54) is 180 Å². The Hall–Kier alpha value is -0.950. The molecule has 0 aliphatic rings. The number of unbranched alkanes of at least 4 members (excludes halogenated alkanes) is 33. The number of aliphatic hydroxyl groups is 4. The highest BCUT2D eigenvalue weighted by Gasteiger charge is 2.28. The van der Waals surface area contributed by atoms with E-state index in [1.54, 1.807) is 0 Å². The number of carbonyl (C=O) groups excluding carboxylic acids is 1. The van der Waals surface area contributed by atoms with Gasteiger partial charge in [0.25, 0.3) is 0 Å². The van der Waals surface area contributed by atoms with Gasteiger partial charge in [0.05, 0.1) is 18.8 Å². The molecule has 6 nitrogen and oxygen atoms in total. The molecule has 0 saturated heterocycles. The highest BCUT2D eigenvalue weighted by molar-refractivity contribution is 5.80. The average Bonchev–Trinajstić information content (AvgIpc) is 3.18. The molecular weight excluding hydrogens is 671 g/mol. The summed E-state index contributed by atoms with van der Waals surface area (Å²) >= 11 is 0. The summed E-state index contributed by atoms with van der Waals surface area (Å²) < 4.78 is 0. The fraction of sp³-hybridized carbons (Fsp3) is 0.938. The van der Waals surface area contributed by atoms with Crippen LogP contribution in [0.25, 0.3) is 0 Å². The van der Waals surface area contributed by atoms with Crippen LogP contribution in [-0.4, -0.2) is 57.3 Å². The lowest BCUT2D eigenvalue weighted by Crippen LogP contribution is -2.53. The Labute approximate surface area is 336 Å². The molecule has 0 spiro atoms. The summed E-state index contributed by atoms with van der Waals surface area (Å²) in [7, 11) is 0. The van der Waals surface area contributed by atoms with Crippen molar-refractivity contribution in [2.24, 2.45) is 0 Å². The van der Waals surface area contributed by atoms with Gasteiger partial charge < -0.3 is 25.7 Å². The molecular formula is C48H95NO5. The molecule has 0 radical (unpaired) electrons. The molecule has 0 aromatic carbocycles. The van der Waals surface area contributed by atoms with Crippen LogP contribution in [-0.2, 0) is 4.79 Å². The first-order valence-corrected chi connectivity index (χ1v) is 24.1. The first kappa shape index (κ1) is 53.0. The van der Waals surface area contributed by atoms with Gasteiger partial charge in [0.2, 0.25) is 5.91 Å². The van der Waals surface area contributed by atoms with Crippen LogP contribution in [0.15, 0.2) is 12.2 Å². The minimum atomic E-state index is -1.27. The lowest BCUT2D eigenvalue weighted by molar-refractivity contribution is -0.132. The van der Waals surface area contributed by atoms with Crippen molar-refractivity contribution in [2.45, 2.75) is 282 Å². The molecule has 1 amide bonds. The predicted molar refractivity (Wildman–Crippen MR) is 233 cm³/mol. The Kier molecular flexibility index (Phi) is 42.4. The molecule has 0 aliphatic carbocycles. The molecule has 6 heteroatoms. The van der Waals surface area contributed by atoms with E-state index in [0.29, 0.717) is 12.8 Å². The van der Waals surface area contributed by atoms with Gasteiger partial charge in [0.15, 0.2) is 0 Å². The summed E-state index contributed by atoms with van der Waals surface area (Å²) in [6, 6.07) is -0.990. The maximum atomic E-state index is 12.5. The highest BCUT2D eigenvalue weighted by Crippen LogP contribution is 2.17. The van der Waals surface area contributed by atoms with Gasteiger partial charge in [-0.2, -0.15) is 0 Å². The molecule has 0 heterocycles. The third kappa shape index (κ3) is 36.7. The fourth-order valence-electron chi connectivity index (χ4n) is 7.64. The molecule has 0 aliphatic heterocycles. The number of hydrogen-bond donors (Lipinski definition) is 5. The summed E-state index contributed by atoms with van der Waals surface area (Å²) in [4.78, 5) is 12.5. The molecule has 0 bridgehead atoms. The highest BCUT2D eigenvalue weighted by atomic mass is 16.3. The average molecular weight is 766 g/mol. The van der Waals surface area contributed by atoms with E-state index in [4.69, 9.17) is 0 Å². The smallest absolute Gasteiger partial charge is 0.249 e. The van der Waals surface area contributed by atoms with Crippen molar-refractivity contribution in [1.82, 2.24) is 5.32 Å². The van der Waals surface area contributed by atoms with E-state index in [0.717, 1.165) is 51.4 Å². The second kappa shape index (κ2) is 43.2. The summed E-state index contributed by atoms with van der Waals surface area (Å²) in [6.07, 6.45) is 48.3. The Bertz CT molecular complexity index is 776. The molecule has 5 N–H and O–H groups in total. The Morgan fingerprint density at radius 1 is 0.444 bits per heavy atom. The largest absolute Gasteiger partial charge is 0.394 e. The van der Waals surface area contributed by atoms with E-state index in [9.17, 15) is 25.2 Å². The third-order valence-corrected chi connectivity index (χ3v) is 11.5. The number of allylic oxidation sites excluding steroid dienone is 2. The summed E-state index contributed by atoms with van der Waals surface area (Å²) in [5.74, 6) is -0.586. The maximum Gasteiger partial charge on any atom is 0.249 e. The quantitative estimate of drug-likeness (QED) is 0.0313. The normalized spacial score (nSPS) is 14.1. The minimum Gasteiger partial charge on any atom is -0.394 e. The van der Waals surface area contributed by atoms with Crippen LogP contribution in [0.4, 0.5) is 0 Å². The van der Waals surface area contributed by atoms with Gasteiger partial charge in [-0.05, 0) is 38.5 Å². The van der Waals surface area contributed by atoms with E-state index in [2.05, 4.69) is 31.3 Å². The predicted octanol–water partition coefficient (Wildman–Crippen LogP) is 13.0. The molecule has 4 atom stereocenters. The van der Waals surface area contributed by atoms with Gasteiger partial charge in [0, 0.05) is 0 Å². The number of aliphatic hydroxyl groups excluding tert-OH is 4. The number of rotatable bonds is 44. The molecule has 0 fully saturated rings. The Balaban J connectivity index is 3.68. The number of nitrogens with one attached hydrogen (secondary N) is 1. The van der Waals surface area contributed by atoms with Crippen molar-refractivity contribution in [2.75, 3.05) is 6.61 Å². The second-order valence-corrected chi connectivity index (χ2v) is 16.8. The van der Waals surface area contributed by atoms with Crippen LogP contribution in [0, 0.1) is 0 Å². The van der Waals surface area contributed by atoms with Gasteiger partial charge in [0.1, 0.15) is 12.2 Å². The van der Waals surface area contributed by atoms with Crippen LogP contribution in [0.1, 0.15) is 258 Å². The van der Waals surface area contributed by atoms with Crippen molar-refractivity contribution < 1.29 is 25.2 Å². The van der Waals surface area contributed by atoms with E-state index < -0.39 is 36.9 Å². The summed E-state index contributed by atoms with van der Waals surface area (Å²) in [5, 5.41) is 43.7. The van der Waals surface area contributed by atoms with E-state index >= 15 is 0 Å². The third-order valence-electron chi connectivity index (χ3n) is 11.5. The molecule has 0 unspecified atom stereocenters. The van der Waals surface area contributed by atoms with Crippen LogP contribution >= 0.6 is 0 Å². The standard InChI is InChI=1S/C48H95NO5/c1-3-5-7-9-11-13-15-17-19-20-21-22-23-24-25-26-27-28-30-31-33-35-37-39-41-45(51)47(53)44(43-50)49-48(54)46(52)42-40-38-36-34-32-29-18-16-14-12-10-8-6-4-2/h30-31,44-47,50-53H,3-29,32-43H2,1-2H3,(H,49,54)/t44-,45+,46+,47-/m0/s1. The Morgan fingerprint density at radius 3 is 1.09 bits per heavy atom. The fourth-order valence-corrected chi connectivity index (χ4v) is 7.64. The van der Waals surface area contributed by atoms with Crippen LogP contribution in [0.2, 0.25) is 0 Å². The van der Waals surface area contributed by atoms with Crippen molar-refractivity contribution >= 4 is 5.91 Å². The van der Waals surface area contributed by atoms with Gasteiger partial charge in [-0.15, -0.1) is 0 Å². The van der Waals surface area contributed by atoms with Gasteiger partial charge >= 0.3 is 0 Å². The molecule has 54 heavy (non-hydrogen) atoms. The SMILES string of the molecule is CCCCCCCCCCCCCCCCCCCC=CCCCCC[C@@H](O)[C@@H](O)[C@H](CO)NC(=O)[C@H](O)CCCCCCCCCCCCCCCC. The van der Waals surface area contributed by atoms with Crippen molar-refractivity contribution in [3.8, 4) is 0 Å². The van der Waals surface area contributed by atoms with Crippen molar-refractivity contribution in [3.05, 3.63) is 12.2 Å². The van der Waals surface area contributed by atoms with E-state index in [1.807, 2.05) is 0 Å². The van der Waals surface area contributed by atoms with Crippen LogP contribution < -0.4 is 5.32 Å². The van der Waals surface area contributed by atoms with Crippen LogP contribution in [0.5, 0.6) is 0 Å².